The van der Waals surface area contributed by atoms with Gasteiger partial charge in [-0.25, -0.2) is 0 Å². The molecule has 7 rings (SSSR count). The lowest BCUT2D eigenvalue weighted by atomic mass is 9.91. The van der Waals surface area contributed by atoms with Crippen LogP contribution in [0.5, 0.6) is 0 Å². The quantitative estimate of drug-likeness (QED) is 0.598. The standard InChI is InChI=1S/C29H40N2O/c1-3-30(4-2)22-28-7-5-6-20-31(28)29(32)19-18-27-21-25-13-12-23-8-10-24(11-9-23)14-16-26(27)17-15-25/h8-11,15,17,21,28H,3-7,12-14,16,18-20,22H2,1-2H3. The molecule has 1 unspecified atom stereocenters. The summed E-state index contributed by atoms with van der Waals surface area (Å²) >= 11 is 0. The Balaban J connectivity index is 1.44. The Kier molecular flexibility index (Phi) is 8.02. The predicted molar refractivity (Wildman–Crippen MR) is 133 cm³/mol. The zero-order valence-electron chi connectivity index (χ0n) is 20.1. The lowest BCUT2D eigenvalue weighted by Crippen LogP contribution is -2.49. The summed E-state index contributed by atoms with van der Waals surface area (Å²) in [6, 6.07) is 16.6. The molecule has 32 heavy (non-hydrogen) atoms. The minimum atomic E-state index is 0.356. The second-order valence-corrected chi connectivity index (χ2v) is 9.64. The van der Waals surface area contributed by atoms with Crippen LogP contribution in [-0.2, 0) is 36.9 Å². The third-order valence-corrected chi connectivity index (χ3v) is 7.60. The number of piperidine rings is 1. The van der Waals surface area contributed by atoms with Gasteiger partial charge in [-0.1, -0.05) is 56.3 Å². The van der Waals surface area contributed by atoms with Gasteiger partial charge in [-0.15, -0.1) is 0 Å². The molecule has 1 fully saturated rings. The number of likely N-dealkylation sites (tertiary alicyclic amines) is 1. The lowest BCUT2D eigenvalue weighted by Gasteiger charge is -2.38. The minimum Gasteiger partial charge on any atom is -0.338 e. The molecule has 0 aromatic heterocycles. The molecule has 3 heteroatoms. The average Bonchev–Trinajstić information content (AvgIpc) is 2.83. The van der Waals surface area contributed by atoms with Gasteiger partial charge in [0.05, 0.1) is 0 Å². The first-order chi connectivity index (χ1) is 15.7. The van der Waals surface area contributed by atoms with Crippen LogP contribution in [0.2, 0.25) is 0 Å². The number of hydrogen-bond donors (Lipinski definition) is 0. The number of hydrogen-bond acceptors (Lipinski definition) is 2. The first-order valence-corrected chi connectivity index (χ1v) is 12.9. The van der Waals surface area contributed by atoms with Crippen LogP contribution >= 0.6 is 0 Å². The van der Waals surface area contributed by atoms with E-state index in [1.165, 1.54) is 34.2 Å². The molecule has 2 aromatic rings. The van der Waals surface area contributed by atoms with E-state index in [-0.39, 0.29) is 0 Å². The predicted octanol–water partition coefficient (Wildman–Crippen LogP) is 5.23. The van der Waals surface area contributed by atoms with Crippen molar-refractivity contribution in [3.8, 4) is 0 Å². The largest absolute Gasteiger partial charge is 0.338 e. The third-order valence-electron chi connectivity index (χ3n) is 7.60. The number of likely N-dealkylation sites (N-methyl/N-ethyl adjacent to an activating group) is 1. The second-order valence-electron chi connectivity index (χ2n) is 9.64. The maximum atomic E-state index is 13.3. The number of rotatable bonds is 7. The van der Waals surface area contributed by atoms with Gasteiger partial charge in [0.2, 0.25) is 5.91 Å². The zero-order valence-corrected chi connectivity index (χ0v) is 20.1. The molecule has 172 valence electrons. The number of amides is 1. The van der Waals surface area contributed by atoms with Crippen LogP contribution in [0.1, 0.15) is 67.3 Å². The van der Waals surface area contributed by atoms with Gasteiger partial charge in [0, 0.05) is 25.6 Å². The summed E-state index contributed by atoms with van der Waals surface area (Å²) in [5.41, 5.74) is 7.04. The van der Waals surface area contributed by atoms with E-state index >= 15 is 0 Å². The Hall–Kier alpha value is -2.13. The minimum absolute atomic E-state index is 0.356. The van der Waals surface area contributed by atoms with Gasteiger partial charge in [-0.3, -0.25) is 4.79 Å². The van der Waals surface area contributed by atoms with Crippen molar-refractivity contribution in [2.75, 3.05) is 26.2 Å². The van der Waals surface area contributed by atoms with Crippen molar-refractivity contribution >= 4 is 5.91 Å². The highest BCUT2D eigenvalue weighted by Crippen LogP contribution is 2.23. The molecule has 3 nitrogen and oxygen atoms in total. The molecule has 0 spiro atoms. The lowest BCUT2D eigenvalue weighted by molar-refractivity contribution is -0.135. The second kappa shape index (κ2) is 11.1. The van der Waals surface area contributed by atoms with Gasteiger partial charge in [-0.2, -0.15) is 0 Å². The maximum absolute atomic E-state index is 13.3. The molecule has 5 aliphatic rings. The summed E-state index contributed by atoms with van der Waals surface area (Å²) in [6.45, 7) is 8.53. The van der Waals surface area contributed by atoms with E-state index in [9.17, 15) is 4.79 Å². The molecule has 1 heterocycles. The van der Waals surface area contributed by atoms with Crippen molar-refractivity contribution in [1.29, 1.82) is 0 Å². The number of aryl methyl sites for hydroxylation is 5. The van der Waals surface area contributed by atoms with Gasteiger partial charge >= 0.3 is 0 Å². The fraction of sp³-hybridized carbons (Fsp3) is 0.552. The number of nitrogens with zero attached hydrogens (tertiary/aromatic N) is 2. The highest BCUT2D eigenvalue weighted by Gasteiger charge is 2.27. The van der Waals surface area contributed by atoms with Crippen LogP contribution in [-0.4, -0.2) is 47.9 Å². The van der Waals surface area contributed by atoms with Crippen LogP contribution in [0.3, 0.4) is 0 Å². The molecule has 2 aromatic carbocycles. The molecule has 1 saturated heterocycles. The van der Waals surface area contributed by atoms with E-state index in [0.29, 0.717) is 18.4 Å². The van der Waals surface area contributed by atoms with E-state index in [2.05, 4.69) is 66.1 Å². The molecule has 4 aliphatic carbocycles. The van der Waals surface area contributed by atoms with Gasteiger partial charge in [0.15, 0.2) is 0 Å². The van der Waals surface area contributed by atoms with Crippen molar-refractivity contribution in [1.82, 2.24) is 9.80 Å². The van der Waals surface area contributed by atoms with Crippen molar-refractivity contribution in [3.05, 3.63) is 70.3 Å². The molecule has 0 saturated carbocycles. The van der Waals surface area contributed by atoms with Gasteiger partial charge in [0.25, 0.3) is 0 Å². The molecule has 0 radical (unpaired) electrons. The monoisotopic (exact) mass is 432 g/mol. The van der Waals surface area contributed by atoms with Crippen LogP contribution in [0.25, 0.3) is 0 Å². The van der Waals surface area contributed by atoms with E-state index in [0.717, 1.165) is 71.1 Å². The van der Waals surface area contributed by atoms with E-state index in [1.807, 2.05) is 0 Å². The first kappa shape index (κ1) is 23.0. The van der Waals surface area contributed by atoms with E-state index in [4.69, 9.17) is 0 Å². The van der Waals surface area contributed by atoms with Crippen LogP contribution in [0.15, 0.2) is 42.5 Å². The van der Waals surface area contributed by atoms with E-state index < -0.39 is 0 Å². The smallest absolute Gasteiger partial charge is 0.223 e. The Morgan fingerprint density at radius 2 is 1.56 bits per heavy atom. The molecular weight excluding hydrogens is 392 g/mol. The zero-order chi connectivity index (χ0) is 22.3. The van der Waals surface area contributed by atoms with Gasteiger partial charge < -0.3 is 9.80 Å². The molecular formula is C29H40N2O. The molecule has 0 N–H and O–H groups in total. The fourth-order valence-electron chi connectivity index (χ4n) is 5.44. The summed E-state index contributed by atoms with van der Waals surface area (Å²) in [4.78, 5) is 18.0. The summed E-state index contributed by atoms with van der Waals surface area (Å²) in [7, 11) is 0. The Morgan fingerprint density at radius 3 is 2.28 bits per heavy atom. The van der Waals surface area contributed by atoms with Crippen molar-refractivity contribution in [3.63, 3.8) is 0 Å². The topological polar surface area (TPSA) is 23.6 Å². The Bertz CT molecular complexity index is 885. The number of carbonyl (C=O) groups excluding carboxylic acids is 1. The fourth-order valence-corrected chi connectivity index (χ4v) is 5.44. The van der Waals surface area contributed by atoms with Crippen molar-refractivity contribution in [2.45, 2.75) is 77.7 Å². The molecule has 1 aliphatic heterocycles. The maximum Gasteiger partial charge on any atom is 0.223 e. The Labute approximate surface area is 194 Å². The number of carbonyl (C=O) groups is 1. The first-order valence-electron chi connectivity index (χ1n) is 12.9. The average molecular weight is 433 g/mol. The third kappa shape index (κ3) is 5.81. The van der Waals surface area contributed by atoms with Crippen LogP contribution in [0.4, 0.5) is 0 Å². The van der Waals surface area contributed by atoms with E-state index in [1.54, 1.807) is 0 Å². The molecule has 1 atom stereocenters. The highest BCUT2D eigenvalue weighted by atomic mass is 16.2. The SMILES string of the molecule is CCN(CC)CC1CCCCN1C(=O)CCc1cc2ccc1CCc1ccc(cc1)CC2. The summed E-state index contributed by atoms with van der Waals surface area (Å²) in [5.74, 6) is 0.356. The van der Waals surface area contributed by atoms with Gasteiger partial charge in [0.1, 0.15) is 0 Å². The van der Waals surface area contributed by atoms with Crippen molar-refractivity contribution in [2.24, 2.45) is 0 Å². The van der Waals surface area contributed by atoms with Crippen LogP contribution < -0.4 is 0 Å². The molecule has 4 bridgehead atoms. The number of benzene rings is 2. The highest BCUT2D eigenvalue weighted by molar-refractivity contribution is 5.77. The summed E-state index contributed by atoms with van der Waals surface area (Å²) in [5, 5.41) is 0. The Morgan fingerprint density at radius 1 is 0.906 bits per heavy atom. The summed E-state index contributed by atoms with van der Waals surface area (Å²) < 4.78 is 0. The van der Waals surface area contributed by atoms with Crippen LogP contribution in [0, 0.1) is 0 Å². The normalized spacial score (nSPS) is 18.6. The van der Waals surface area contributed by atoms with Gasteiger partial charge in [-0.05, 0) is 92.3 Å². The molecule has 1 amide bonds. The van der Waals surface area contributed by atoms with Crippen molar-refractivity contribution < 1.29 is 4.79 Å². The summed E-state index contributed by atoms with van der Waals surface area (Å²) in [6.07, 6.45) is 9.34.